The van der Waals surface area contributed by atoms with Crippen molar-refractivity contribution < 1.29 is 0 Å². The van der Waals surface area contributed by atoms with Crippen LogP contribution in [0.5, 0.6) is 0 Å². The number of allylic oxidation sites excluding steroid dienone is 8. The van der Waals surface area contributed by atoms with Crippen molar-refractivity contribution >= 4 is 0 Å². The first-order chi connectivity index (χ1) is 7.00. The Morgan fingerprint density at radius 1 is 0.571 bits per heavy atom. The Kier molecular flexibility index (Phi) is 6.74. The van der Waals surface area contributed by atoms with E-state index in [1.165, 1.54) is 25.7 Å². The second kappa shape index (κ2) is 8.55. The number of hydrogen-bond donors (Lipinski definition) is 0. The maximum atomic E-state index is 2.25. The fourth-order valence-corrected chi connectivity index (χ4v) is 1.33. The van der Waals surface area contributed by atoms with E-state index in [0.717, 1.165) is 6.42 Å². The molecule has 0 atom stereocenters. The molecular formula is C14H19. The second-order valence-corrected chi connectivity index (χ2v) is 3.43. The van der Waals surface area contributed by atoms with Crippen LogP contribution in [0.1, 0.15) is 32.1 Å². The van der Waals surface area contributed by atoms with Crippen molar-refractivity contribution in [3.8, 4) is 0 Å². The second-order valence-electron chi connectivity index (χ2n) is 3.43. The van der Waals surface area contributed by atoms with Gasteiger partial charge in [-0.1, -0.05) is 48.6 Å². The zero-order valence-electron chi connectivity index (χ0n) is 8.73. The van der Waals surface area contributed by atoms with Crippen molar-refractivity contribution in [2.45, 2.75) is 32.1 Å². The van der Waals surface area contributed by atoms with Crippen molar-refractivity contribution in [3.63, 3.8) is 0 Å². The van der Waals surface area contributed by atoms with Gasteiger partial charge >= 0.3 is 0 Å². The van der Waals surface area contributed by atoms with Crippen LogP contribution in [-0.4, -0.2) is 0 Å². The van der Waals surface area contributed by atoms with Crippen LogP contribution in [0.15, 0.2) is 48.6 Å². The SMILES string of the molecule is [CH]1/C=C/C=C/CCCC/C=C\C=C\C1. The van der Waals surface area contributed by atoms with Gasteiger partial charge < -0.3 is 0 Å². The van der Waals surface area contributed by atoms with E-state index in [4.69, 9.17) is 0 Å². The van der Waals surface area contributed by atoms with Crippen LogP contribution < -0.4 is 0 Å². The summed E-state index contributed by atoms with van der Waals surface area (Å²) in [7, 11) is 0. The van der Waals surface area contributed by atoms with Crippen LogP contribution in [0.4, 0.5) is 0 Å². The van der Waals surface area contributed by atoms with E-state index in [0.29, 0.717) is 0 Å². The van der Waals surface area contributed by atoms with Gasteiger partial charge in [-0.2, -0.15) is 0 Å². The van der Waals surface area contributed by atoms with Gasteiger partial charge in [-0.05, 0) is 38.5 Å². The zero-order chi connectivity index (χ0) is 9.90. The summed E-state index contributed by atoms with van der Waals surface area (Å²) in [6.07, 6.45) is 25.5. The normalized spacial score (nSPS) is 28.6. The lowest BCUT2D eigenvalue weighted by Gasteiger charge is -1.92. The van der Waals surface area contributed by atoms with Crippen molar-refractivity contribution in [1.29, 1.82) is 0 Å². The summed E-state index contributed by atoms with van der Waals surface area (Å²) in [5, 5.41) is 0. The standard InChI is InChI=1S/C14H19/c1-2-4-6-8-10-12-14-13-11-9-7-5-3-1/h1-5,8,10,12,14H,6-7,9,11,13H2/b2-1+,5-3+,10-8+,14-12-. The first-order valence-corrected chi connectivity index (χ1v) is 5.47. The molecule has 1 aliphatic rings. The highest BCUT2D eigenvalue weighted by molar-refractivity contribution is 5.11. The average Bonchev–Trinajstić information content (AvgIpc) is 2.22. The van der Waals surface area contributed by atoms with Crippen LogP contribution in [0.25, 0.3) is 0 Å². The van der Waals surface area contributed by atoms with Crippen LogP contribution in [0.2, 0.25) is 0 Å². The largest absolute Gasteiger partial charge is 0.0845 e. The molecule has 0 nitrogen and oxygen atoms in total. The highest BCUT2D eigenvalue weighted by Gasteiger charge is 1.83. The van der Waals surface area contributed by atoms with Gasteiger partial charge in [-0.3, -0.25) is 0 Å². The van der Waals surface area contributed by atoms with Gasteiger partial charge in [-0.25, -0.2) is 0 Å². The van der Waals surface area contributed by atoms with Crippen LogP contribution in [-0.2, 0) is 0 Å². The molecule has 0 unspecified atom stereocenters. The number of rotatable bonds is 0. The molecular weight excluding hydrogens is 168 g/mol. The van der Waals surface area contributed by atoms with Crippen LogP contribution in [0, 0.1) is 6.42 Å². The van der Waals surface area contributed by atoms with E-state index >= 15 is 0 Å². The molecule has 0 aliphatic heterocycles. The van der Waals surface area contributed by atoms with Crippen LogP contribution >= 0.6 is 0 Å². The summed E-state index contributed by atoms with van der Waals surface area (Å²) in [6, 6.07) is 0. The van der Waals surface area contributed by atoms with E-state index in [9.17, 15) is 0 Å². The molecule has 0 amide bonds. The lowest BCUT2D eigenvalue weighted by atomic mass is 10.1. The lowest BCUT2D eigenvalue weighted by Crippen LogP contribution is -1.72. The predicted octanol–water partition coefficient (Wildman–Crippen LogP) is 4.38. The Morgan fingerprint density at radius 3 is 2.00 bits per heavy atom. The molecule has 75 valence electrons. The third-order valence-electron chi connectivity index (χ3n) is 2.14. The average molecular weight is 187 g/mol. The Morgan fingerprint density at radius 2 is 1.21 bits per heavy atom. The number of hydrogen-bond acceptors (Lipinski definition) is 0. The van der Waals surface area contributed by atoms with Gasteiger partial charge in [0.2, 0.25) is 0 Å². The van der Waals surface area contributed by atoms with Crippen molar-refractivity contribution in [2.24, 2.45) is 0 Å². The quantitative estimate of drug-likeness (QED) is 0.528. The Balaban J connectivity index is 2.34. The molecule has 1 aliphatic carbocycles. The Hall–Kier alpha value is -1.04. The summed E-state index contributed by atoms with van der Waals surface area (Å²) in [5.41, 5.74) is 0. The van der Waals surface area contributed by atoms with Crippen molar-refractivity contribution in [2.75, 3.05) is 0 Å². The lowest BCUT2D eigenvalue weighted by molar-refractivity contribution is 0.762. The van der Waals surface area contributed by atoms with Gasteiger partial charge in [0.15, 0.2) is 0 Å². The summed E-state index contributed by atoms with van der Waals surface area (Å²) < 4.78 is 0. The maximum Gasteiger partial charge on any atom is -0.0130 e. The molecule has 0 bridgehead atoms. The molecule has 0 aromatic carbocycles. The molecule has 14 heavy (non-hydrogen) atoms. The van der Waals surface area contributed by atoms with E-state index in [1.54, 1.807) is 0 Å². The highest BCUT2D eigenvalue weighted by Crippen LogP contribution is 2.03. The molecule has 1 radical (unpaired) electrons. The maximum absolute atomic E-state index is 2.25. The third kappa shape index (κ3) is 6.47. The molecule has 0 spiro atoms. The van der Waals surface area contributed by atoms with E-state index < -0.39 is 0 Å². The van der Waals surface area contributed by atoms with Gasteiger partial charge in [0, 0.05) is 0 Å². The van der Waals surface area contributed by atoms with Crippen molar-refractivity contribution in [1.82, 2.24) is 0 Å². The molecule has 0 aromatic rings. The van der Waals surface area contributed by atoms with Gasteiger partial charge in [0.25, 0.3) is 0 Å². The van der Waals surface area contributed by atoms with Crippen LogP contribution in [0.3, 0.4) is 0 Å². The van der Waals surface area contributed by atoms with E-state index in [1.807, 2.05) is 0 Å². The summed E-state index contributed by atoms with van der Waals surface area (Å²) in [4.78, 5) is 0. The van der Waals surface area contributed by atoms with Gasteiger partial charge in [0.05, 0.1) is 0 Å². The third-order valence-corrected chi connectivity index (χ3v) is 2.14. The molecule has 0 saturated carbocycles. The minimum atomic E-state index is 1.02. The van der Waals surface area contributed by atoms with Crippen molar-refractivity contribution in [3.05, 3.63) is 55.0 Å². The molecule has 0 heterocycles. The topological polar surface area (TPSA) is 0 Å². The minimum Gasteiger partial charge on any atom is -0.0845 e. The molecule has 0 saturated heterocycles. The smallest absolute Gasteiger partial charge is 0.0130 e. The molecule has 0 fully saturated rings. The summed E-state index contributed by atoms with van der Waals surface area (Å²) >= 11 is 0. The Bertz CT molecular complexity index is 202. The first-order valence-electron chi connectivity index (χ1n) is 5.47. The van der Waals surface area contributed by atoms with Gasteiger partial charge in [0.1, 0.15) is 0 Å². The summed E-state index contributed by atoms with van der Waals surface area (Å²) in [5.74, 6) is 0. The minimum absolute atomic E-state index is 1.02. The molecule has 1 rings (SSSR count). The Labute approximate surface area is 87.7 Å². The van der Waals surface area contributed by atoms with E-state index in [2.05, 4.69) is 55.0 Å². The first kappa shape index (κ1) is 11.0. The zero-order valence-corrected chi connectivity index (χ0v) is 8.73. The molecule has 0 heteroatoms. The highest BCUT2D eigenvalue weighted by atomic mass is 13.9. The molecule has 0 aromatic heterocycles. The summed E-state index contributed by atoms with van der Waals surface area (Å²) in [6.45, 7) is 0. The van der Waals surface area contributed by atoms with E-state index in [-0.39, 0.29) is 0 Å². The fraction of sp³-hybridized carbons (Fsp3) is 0.357. The van der Waals surface area contributed by atoms with Gasteiger partial charge in [-0.15, -0.1) is 0 Å². The predicted molar refractivity (Wildman–Crippen MR) is 63.9 cm³/mol. The fourth-order valence-electron chi connectivity index (χ4n) is 1.33. The molecule has 0 N–H and O–H groups in total. The monoisotopic (exact) mass is 187 g/mol.